The first kappa shape index (κ1) is 21.1. The average Bonchev–Trinajstić information content (AvgIpc) is 3.10. The lowest BCUT2D eigenvalue weighted by Crippen LogP contribution is -2.26. The SMILES string of the molecule is Nc1cc(F)c(C=CCNC(=O)OCC2c3ccccc3-c3ccccc32)cc1C(=O)O. The van der Waals surface area contributed by atoms with E-state index in [-0.39, 0.29) is 35.9 Å². The Kier molecular flexibility index (Phi) is 5.89. The predicted molar refractivity (Wildman–Crippen MR) is 120 cm³/mol. The highest BCUT2D eigenvalue weighted by Gasteiger charge is 2.28. The molecule has 0 unspecified atom stereocenters. The molecule has 0 saturated carbocycles. The standard InChI is InChI=1S/C25H21FN2O4/c26-22-13-23(27)20(24(29)30)12-15(22)6-5-11-28-25(31)32-14-21-18-9-3-1-7-16(18)17-8-2-4-10-19(17)21/h1-10,12-13,21H,11,14,27H2,(H,28,31)(H,29,30). The van der Waals surface area contributed by atoms with Gasteiger partial charge in [0.1, 0.15) is 12.4 Å². The Morgan fingerprint density at radius 3 is 2.31 bits per heavy atom. The van der Waals surface area contributed by atoms with Crippen molar-refractivity contribution < 1.29 is 23.8 Å². The summed E-state index contributed by atoms with van der Waals surface area (Å²) in [6.07, 6.45) is 2.28. The van der Waals surface area contributed by atoms with Crippen molar-refractivity contribution in [2.24, 2.45) is 0 Å². The van der Waals surface area contributed by atoms with E-state index in [1.165, 1.54) is 12.2 Å². The van der Waals surface area contributed by atoms with Crippen LogP contribution in [-0.4, -0.2) is 30.3 Å². The number of rotatable bonds is 6. The molecule has 3 aromatic carbocycles. The van der Waals surface area contributed by atoms with Crippen molar-refractivity contribution >= 4 is 23.8 Å². The maximum Gasteiger partial charge on any atom is 0.407 e. The smallest absolute Gasteiger partial charge is 0.407 e. The number of nitrogen functional groups attached to an aromatic ring is 1. The molecular formula is C25H21FN2O4. The zero-order valence-corrected chi connectivity index (χ0v) is 17.0. The summed E-state index contributed by atoms with van der Waals surface area (Å²) in [6, 6.07) is 18.2. The number of hydrogen-bond donors (Lipinski definition) is 3. The van der Waals surface area contributed by atoms with Crippen molar-refractivity contribution in [3.63, 3.8) is 0 Å². The minimum atomic E-state index is -1.24. The quantitative estimate of drug-likeness (QED) is 0.492. The van der Waals surface area contributed by atoms with E-state index in [1.807, 2.05) is 36.4 Å². The van der Waals surface area contributed by atoms with Crippen molar-refractivity contribution in [3.05, 3.63) is 94.8 Å². The van der Waals surface area contributed by atoms with E-state index >= 15 is 0 Å². The number of carbonyl (C=O) groups is 2. The minimum Gasteiger partial charge on any atom is -0.478 e. The molecule has 4 N–H and O–H groups in total. The third-order valence-electron chi connectivity index (χ3n) is 5.40. The number of halogens is 1. The zero-order chi connectivity index (χ0) is 22.7. The van der Waals surface area contributed by atoms with E-state index in [0.717, 1.165) is 34.4 Å². The van der Waals surface area contributed by atoms with E-state index in [1.54, 1.807) is 0 Å². The second kappa shape index (κ2) is 8.93. The molecule has 0 radical (unpaired) electrons. The molecule has 0 bridgehead atoms. The number of alkyl carbamates (subject to hydrolysis) is 1. The van der Waals surface area contributed by atoms with Gasteiger partial charge in [-0.3, -0.25) is 0 Å². The number of aromatic carboxylic acids is 1. The van der Waals surface area contributed by atoms with Gasteiger partial charge in [-0.2, -0.15) is 0 Å². The Morgan fingerprint density at radius 1 is 1.06 bits per heavy atom. The third kappa shape index (κ3) is 4.18. The van der Waals surface area contributed by atoms with Gasteiger partial charge in [-0.05, 0) is 34.4 Å². The Labute approximate surface area is 184 Å². The van der Waals surface area contributed by atoms with Crippen molar-refractivity contribution in [1.82, 2.24) is 5.32 Å². The molecule has 0 aliphatic heterocycles. The van der Waals surface area contributed by atoms with Gasteiger partial charge in [-0.15, -0.1) is 0 Å². The third-order valence-corrected chi connectivity index (χ3v) is 5.40. The fourth-order valence-electron chi connectivity index (χ4n) is 3.90. The van der Waals surface area contributed by atoms with Crippen LogP contribution in [0.1, 0.15) is 33.0 Å². The molecular weight excluding hydrogens is 411 g/mol. The number of fused-ring (bicyclic) bond motifs is 3. The number of anilines is 1. The molecule has 0 fully saturated rings. The van der Waals surface area contributed by atoms with E-state index in [4.69, 9.17) is 15.6 Å². The zero-order valence-electron chi connectivity index (χ0n) is 17.0. The molecule has 3 aromatic rings. The van der Waals surface area contributed by atoms with Gasteiger partial charge >= 0.3 is 12.1 Å². The van der Waals surface area contributed by atoms with Crippen molar-refractivity contribution in [3.8, 4) is 11.1 Å². The van der Waals surface area contributed by atoms with Gasteiger partial charge in [0.2, 0.25) is 0 Å². The van der Waals surface area contributed by atoms with Crippen LogP contribution in [0.2, 0.25) is 0 Å². The number of hydrogen-bond acceptors (Lipinski definition) is 4. The molecule has 0 heterocycles. The Morgan fingerprint density at radius 2 is 1.69 bits per heavy atom. The summed E-state index contributed by atoms with van der Waals surface area (Å²) in [5.41, 5.74) is 9.77. The van der Waals surface area contributed by atoms with Gasteiger partial charge in [0, 0.05) is 23.7 Å². The fourth-order valence-corrected chi connectivity index (χ4v) is 3.90. The number of benzene rings is 3. The molecule has 32 heavy (non-hydrogen) atoms. The van der Waals surface area contributed by atoms with E-state index in [9.17, 15) is 14.0 Å². The Balaban J connectivity index is 1.35. The lowest BCUT2D eigenvalue weighted by atomic mass is 9.98. The summed E-state index contributed by atoms with van der Waals surface area (Å²) < 4.78 is 19.4. The van der Waals surface area contributed by atoms with Crippen molar-refractivity contribution in [2.45, 2.75) is 5.92 Å². The highest BCUT2D eigenvalue weighted by molar-refractivity contribution is 5.94. The molecule has 1 aliphatic rings. The van der Waals surface area contributed by atoms with Crippen LogP contribution in [0.5, 0.6) is 0 Å². The number of amides is 1. The van der Waals surface area contributed by atoms with Gasteiger partial charge < -0.3 is 20.9 Å². The summed E-state index contributed by atoms with van der Waals surface area (Å²) in [7, 11) is 0. The highest BCUT2D eigenvalue weighted by Crippen LogP contribution is 2.44. The molecule has 0 aromatic heterocycles. The number of carboxylic acids is 1. The maximum atomic E-state index is 14.0. The number of carboxylic acid groups (broad SMARTS) is 1. The van der Waals surface area contributed by atoms with Crippen molar-refractivity contribution in [1.29, 1.82) is 0 Å². The molecule has 0 spiro atoms. The topological polar surface area (TPSA) is 102 Å². The largest absolute Gasteiger partial charge is 0.478 e. The first-order chi connectivity index (χ1) is 15.5. The van der Waals surface area contributed by atoms with Crippen LogP contribution in [0.25, 0.3) is 17.2 Å². The Hall–Kier alpha value is -4.13. The minimum absolute atomic E-state index is 0.0398. The van der Waals surface area contributed by atoms with Crippen LogP contribution in [0.4, 0.5) is 14.9 Å². The number of nitrogens with two attached hydrogens (primary N) is 1. The normalized spacial score (nSPS) is 12.4. The summed E-state index contributed by atoms with van der Waals surface area (Å²) >= 11 is 0. The number of ether oxygens (including phenoxy) is 1. The molecule has 6 nitrogen and oxygen atoms in total. The molecule has 0 saturated heterocycles. The highest BCUT2D eigenvalue weighted by atomic mass is 19.1. The van der Waals surface area contributed by atoms with Crippen LogP contribution in [0.15, 0.2) is 66.7 Å². The second-order valence-corrected chi connectivity index (χ2v) is 7.37. The summed E-state index contributed by atoms with van der Waals surface area (Å²) in [4.78, 5) is 23.3. The molecule has 1 aliphatic carbocycles. The molecule has 0 atom stereocenters. The molecule has 1 amide bonds. The molecule has 4 rings (SSSR count). The van der Waals surface area contributed by atoms with Crippen LogP contribution in [0, 0.1) is 5.82 Å². The number of nitrogens with one attached hydrogen (secondary N) is 1. The average molecular weight is 432 g/mol. The van der Waals surface area contributed by atoms with E-state index < -0.39 is 17.9 Å². The lowest BCUT2D eigenvalue weighted by molar-refractivity contribution is 0.0698. The number of carbonyl (C=O) groups excluding carboxylic acids is 1. The van der Waals surface area contributed by atoms with Crippen LogP contribution >= 0.6 is 0 Å². The van der Waals surface area contributed by atoms with Gasteiger partial charge in [0.15, 0.2) is 0 Å². The van der Waals surface area contributed by atoms with Gasteiger partial charge in [-0.1, -0.05) is 60.7 Å². The summed E-state index contributed by atoms with van der Waals surface area (Å²) in [5.74, 6) is -1.93. The first-order valence-corrected chi connectivity index (χ1v) is 10.0. The van der Waals surface area contributed by atoms with Gasteiger partial charge in [0.05, 0.1) is 5.56 Å². The predicted octanol–water partition coefficient (Wildman–Crippen LogP) is 4.66. The first-order valence-electron chi connectivity index (χ1n) is 10.0. The summed E-state index contributed by atoms with van der Waals surface area (Å²) in [5, 5.41) is 11.7. The molecule has 7 heteroatoms. The second-order valence-electron chi connectivity index (χ2n) is 7.37. The lowest BCUT2D eigenvalue weighted by Gasteiger charge is -2.14. The monoisotopic (exact) mass is 432 g/mol. The Bertz CT molecular complexity index is 1180. The van der Waals surface area contributed by atoms with Crippen LogP contribution in [0.3, 0.4) is 0 Å². The van der Waals surface area contributed by atoms with Crippen LogP contribution < -0.4 is 11.1 Å². The van der Waals surface area contributed by atoms with Crippen molar-refractivity contribution in [2.75, 3.05) is 18.9 Å². The van der Waals surface area contributed by atoms with E-state index in [0.29, 0.717) is 0 Å². The molecule has 162 valence electrons. The van der Waals surface area contributed by atoms with Crippen LogP contribution in [-0.2, 0) is 4.74 Å². The fraction of sp³-hybridized carbons (Fsp3) is 0.120. The maximum absolute atomic E-state index is 14.0. The van der Waals surface area contributed by atoms with Gasteiger partial charge in [0.25, 0.3) is 0 Å². The van der Waals surface area contributed by atoms with Gasteiger partial charge in [-0.25, -0.2) is 14.0 Å². The van der Waals surface area contributed by atoms with E-state index in [2.05, 4.69) is 17.4 Å². The summed E-state index contributed by atoms with van der Waals surface area (Å²) in [6.45, 7) is 0.279.